The fraction of sp³-hybridized carbons (Fsp3) is 0.417. The maximum absolute atomic E-state index is 12.5. The predicted octanol–water partition coefficient (Wildman–Crippen LogP) is 2.15. The van der Waals surface area contributed by atoms with E-state index in [-0.39, 0.29) is 11.7 Å². The molecule has 5 heteroatoms. The fourth-order valence-corrected chi connectivity index (χ4v) is 1.65. The topological polar surface area (TPSA) is 35.5 Å². The molecule has 0 amide bonds. The van der Waals surface area contributed by atoms with Gasteiger partial charge in [0.1, 0.15) is 5.82 Å². The summed E-state index contributed by atoms with van der Waals surface area (Å²) in [4.78, 5) is 10.4. The molecule has 1 aliphatic carbocycles. The lowest BCUT2D eigenvalue weighted by molar-refractivity contribution is -0.140. The highest BCUT2D eigenvalue weighted by molar-refractivity contribution is 5.78. The first kappa shape index (κ1) is 11.8. The molecule has 92 valence electrons. The molecule has 0 radical (unpaired) electrons. The number of benzene rings is 1. The summed E-state index contributed by atoms with van der Waals surface area (Å²) in [6, 6.07) is 3.06. The van der Waals surface area contributed by atoms with Crippen LogP contribution in [0.1, 0.15) is 6.42 Å². The van der Waals surface area contributed by atoms with E-state index in [0.717, 1.165) is 24.6 Å². The first-order valence-electron chi connectivity index (χ1n) is 5.27. The molecule has 3 rings (SSSR count). The molecule has 0 bridgehead atoms. The molecule has 3 nitrogen and oxygen atoms in total. The van der Waals surface area contributed by atoms with E-state index in [1.54, 1.807) is 0 Å². The van der Waals surface area contributed by atoms with Crippen LogP contribution in [0.3, 0.4) is 0 Å². The lowest BCUT2D eigenvalue weighted by Crippen LogP contribution is -1.97. The van der Waals surface area contributed by atoms with Crippen molar-refractivity contribution in [2.24, 2.45) is 11.8 Å². The number of methoxy groups -OCH3 is 1. The zero-order valence-electron chi connectivity index (χ0n) is 9.28. The molecule has 2 atom stereocenters. The second-order valence-electron chi connectivity index (χ2n) is 4.01. The van der Waals surface area contributed by atoms with Crippen molar-refractivity contribution >= 4 is 5.97 Å². The van der Waals surface area contributed by atoms with Crippen LogP contribution in [0, 0.1) is 23.5 Å². The minimum absolute atomic E-state index is 0.0324. The Morgan fingerprint density at radius 3 is 2.53 bits per heavy atom. The van der Waals surface area contributed by atoms with Crippen molar-refractivity contribution in [3.8, 4) is 5.75 Å². The Bertz CT molecular complexity index is 434. The zero-order valence-corrected chi connectivity index (χ0v) is 9.28. The average molecular weight is 242 g/mol. The van der Waals surface area contributed by atoms with E-state index in [1.807, 2.05) is 0 Å². The van der Waals surface area contributed by atoms with Gasteiger partial charge in [-0.3, -0.25) is 4.79 Å². The number of carbonyl (C=O) groups excluding carboxylic acids is 1. The summed E-state index contributed by atoms with van der Waals surface area (Å²) in [7, 11) is 1.29. The average Bonchev–Trinajstić information content (AvgIpc) is 3.02. The van der Waals surface area contributed by atoms with Gasteiger partial charge in [-0.05, 0) is 18.6 Å². The first-order valence-corrected chi connectivity index (χ1v) is 5.27. The van der Waals surface area contributed by atoms with E-state index < -0.39 is 11.6 Å². The largest absolute Gasteiger partial charge is 0.494 e. The third-order valence-corrected chi connectivity index (χ3v) is 2.78. The van der Waals surface area contributed by atoms with Crippen molar-refractivity contribution in [3.63, 3.8) is 0 Å². The van der Waals surface area contributed by atoms with Gasteiger partial charge in [-0.1, -0.05) is 0 Å². The van der Waals surface area contributed by atoms with Gasteiger partial charge in [-0.2, -0.15) is 0 Å². The molecular weight excluding hydrogens is 230 g/mol. The van der Waals surface area contributed by atoms with E-state index in [9.17, 15) is 13.6 Å². The van der Waals surface area contributed by atoms with E-state index in [2.05, 4.69) is 9.47 Å². The molecule has 1 saturated carbocycles. The molecule has 0 aromatic heterocycles. The molecule has 1 aliphatic heterocycles. The highest BCUT2D eigenvalue weighted by atomic mass is 19.1. The summed E-state index contributed by atoms with van der Waals surface area (Å²) >= 11 is 0. The van der Waals surface area contributed by atoms with Crippen LogP contribution >= 0.6 is 0 Å². The van der Waals surface area contributed by atoms with Crippen LogP contribution in [0.25, 0.3) is 0 Å². The lowest BCUT2D eigenvalue weighted by Gasteiger charge is -1.99. The van der Waals surface area contributed by atoms with Gasteiger partial charge in [0.15, 0.2) is 11.6 Å². The molecule has 1 saturated heterocycles. The number of halogens is 2. The van der Waals surface area contributed by atoms with Gasteiger partial charge in [-0.15, -0.1) is 0 Å². The molecular formula is C12H12F2O3. The van der Waals surface area contributed by atoms with Gasteiger partial charge in [0, 0.05) is 12.0 Å². The zero-order chi connectivity index (χ0) is 12.4. The number of esters is 1. The molecule has 1 aromatic rings. The number of carbonyl (C=O) groups is 1. The molecule has 0 N–H and O–H groups in total. The van der Waals surface area contributed by atoms with Crippen molar-refractivity contribution in [2.75, 3.05) is 13.7 Å². The van der Waals surface area contributed by atoms with E-state index in [4.69, 9.17) is 0 Å². The Kier molecular flexibility index (Phi) is 3.26. The van der Waals surface area contributed by atoms with Gasteiger partial charge >= 0.3 is 5.97 Å². The van der Waals surface area contributed by atoms with Crippen molar-refractivity contribution < 1.29 is 23.0 Å². The molecule has 0 unspecified atom stereocenters. The minimum Gasteiger partial charge on any atom is -0.494 e. The van der Waals surface area contributed by atoms with Crippen LogP contribution in [0.2, 0.25) is 0 Å². The van der Waals surface area contributed by atoms with Gasteiger partial charge in [0.05, 0.1) is 19.6 Å². The minimum atomic E-state index is -0.552. The Morgan fingerprint density at radius 2 is 2.18 bits per heavy atom. The Hall–Kier alpha value is -1.65. The number of hydrogen-bond donors (Lipinski definition) is 0. The highest BCUT2D eigenvalue weighted by Crippen LogP contribution is 2.44. The summed E-state index contributed by atoms with van der Waals surface area (Å²) in [5, 5.41) is 0. The van der Waals surface area contributed by atoms with Crippen LogP contribution in [-0.2, 0) is 9.53 Å². The van der Waals surface area contributed by atoms with Crippen molar-refractivity contribution in [1.29, 1.82) is 0 Å². The maximum atomic E-state index is 12.5. The van der Waals surface area contributed by atoms with E-state index in [1.165, 1.54) is 7.11 Å². The van der Waals surface area contributed by atoms with Crippen LogP contribution in [-0.4, -0.2) is 19.7 Å². The number of rotatable bonds is 1. The monoisotopic (exact) mass is 242 g/mol. The van der Waals surface area contributed by atoms with Gasteiger partial charge in [-0.25, -0.2) is 8.78 Å². The second kappa shape index (κ2) is 4.69. The standard InChI is InChI=1S/C7H6F2O.C5H6O2/c1-10-7-4-5(8)2-3-6(7)9;6-5-4-1-3(4)2-7-5/h2-4H,1H3;3-4H,1-2H2/t;3-,4-/m.0/s1. The Morgan fingerprint density at radius 1 is 1.41 bits per heavy atom. The Labute approximate surface area is 97.3 Å². The third kappa shape index (κ3) is 2.72. The molecule has 1 aromatic carbocycles. The van der Waals surface area contributed by atoms with Crippen LogP contribution < -0.4 is 4.74 Å². The van der Waals surface area contributed by atoms with Gasteiger partial charge in [0.25, 0.3) is 0 Å². The summed E-state index contributed by atoms with van der Waals surface area (Å²) < 4.78 is 34.0. The van der Waals surface area contributed by atoms with Crippen molar-refractivity contribution in [2.45, 2.75) is 6.42 Å². The summed E-state index contributed by atoms with van der Waals surface area (Å²) in [6.45, 7) is 0.698. The van der Waals surface area contributed by atoms with E-state index >= 15 is 0 Å². The number of hydrogen-bond acceptors (Lipinski definition) is 3. The smallest absolute Gasteiger partial charge is 0.309 e. The normalized spacial score (nSPS) is 24.3. The maximum Gasteiger partial charge on any atom is 0.309 e. The van der Waals surface area contributed by atoms with E-state index in [0.29, 0.717) is 18.4 Å². The summed E-state index contributed by atoms with van der Waals surface area (Å²) in [6.07, 6.45) is 1.10. The summed E-state index contributed by atoms with van der Waals surface area (Å²) in [5.41, 5.74) is 0. The highest BCUT2D eigenvalue weighted by Gasteiger charge is 2.50. The first-order chi connectivity index (χ1) is 8.11. The number of cyclic esters (lactones) is 1. The lowest BCUT2D eigenvalue weighted by atomic mass is 10.3. The molecule has 2 aliphatic rings. The third-order valence-electron chi connectivity index (χ3n) is 2.78. The molecule has 0 spiro atoms. The van der Waals surface area contributed by atoms with Crippen LogP contribution in [0.15, 0.2) is 18.2 Å². The SMILES string of the molecule is COc1cc(F)ccc1F.O=C1OC[C@@H]2C[C@H]12. The van der Waals surface area contributed by atoms with Crippen molar-refractivity contribution in [3.05, 3.63) is 29.8 Å². The molecule has 2 fully saturated rings. The number of fused-ring (bicyclic) bond motifs is 1. The van der Waals surface area contributed by atoms with Gasteiger partial charge < -0.3 is 9.47 Å². The Balaban J connectivity index is 0.000000134. The molecule has 17 heavy (non-hydrogen) atoms. The van der Waals surface area contributed by atoms with Crippen LogP contribution in [0.4, 0.5) is 8.78 Å². The predicted molar refractivity (Wildman–Crippen MR) is 55.5 cm³/mol. The van der Waals surface area contributed by atoms with Crippen LogP contribution in [0.5, 0.6) is 5.75 Å². The quantitative estimate of drug-likeness (QED) is 0.708. The fourth-order valence-electron chi connectivity index (χ4n) is 1.65. The molecule has 1 heterocycles. The number of ether oxygens (including phenoxy) is 2. The second-order valence-corrected chi connectivity index (χ2v) is 4.01. The summed E-state index contributed by atoms with van der Waals surface area (Å²) in [5.74, 6) is -0.153. The van der Waals surface area contributed by atoms with Gasteiger partial charge in [0.2, 0.25) is 0 Å². The van der Waals surface area contributed by atoms with Crippen molar-refractivity contribution in [1.82, 2.24) is 0 Å².